The molecule has 0 aliphatic carbocycles. The Balaban J connectivity index is 1.82. The van der Waals surface area contributed by atoms with Crippen LogP contribution in [0.25, 0.3) is 0 Å². The van der Waals surface area contributed by atoms with Crippen molar-refractivity contribution in [3.8, 4) is 0 Å². The SMILES string of the molecule is O=C(N[C@H]1CCCNC1)c1ccccc1C(=O)c1ccccc1. The van der Waals surface area contributed by atoms with Gasteiger partial charge in [0.1, 0.15) is 0 Å². The van der Waals surface area contributed by atoms with E-state index in [0.717, 1.165) is 25.9 Å². The van der Waals surface area contributed by atoms with Crippen LogP contribution < -0.4 is 10.6 Å². The standard InChI is InChI=1S/C19H20N2O2/c22-18(14-7-2-1-3-8-14)16-10-4-5-11-17(16)19(23)21-15-9-6-12-20-13-15/h1-5,7-8,10-11,15,20H,6,9,12-13H2,(H,21,23)/t15-/m0/s1. The maximum absolute atomic E-state index is 12.7. The molecule has 23 heavy (non-hydrogen) atoms. The first kappa shape index (κ1) is 15.4. The lowest BCUT2D eigenvalue weighted by Gasteiger charge is -2.24. The van der Waals surface area contributed by atoms with Crippen LogP contribution in [0.5, 0.6) is 0 Å². The van der Waals surface area contributed by atoms with Crippen molar-refractivity contribution in [2.24, 2.45) is 0 Å². The molecule has 0 unspecified atom stereocenters. The quantitative estimate of drug-likeness (QED) is 0.853. The van der Waals surface area contributed by atoms with Gasteiger partial charge in [0.15, 0.2) is 5.78 Å². The number of benzene rings is 2. The van der Waals surface area contributed by atoms with Gasteiger partial charge in [0.25, 0.3) is 5.91 Å². The predicted octanol–water partition coefficient (Wildman–Crippen LogP) is 2.40. The molecule has 1 aliphatic heterocycles. The third-order valence-electron chi connectivity index (χ3n) is 4.08. The van der Waals surface area contributed by atoms with Crippen molar-refractivity contribution < 1.29 is 9.59 Å². The molecule has 0 saturated carbocycles. The number of ketones is 1. The van der Waals surface area contributed by atoms with Crippen molar-refractivity contribution in [3.63, 3.8) is 0 Å². The second-order valence-corrected chi connectivity index (χ2v) is 5.76. The van der Waals surface area contributed by atoms with E-state index >= 15 is 0 Å². The lowest BCUT2D eigenvalue weighted by Crippen LogP contribution is -2.45. The maximum atomic E-state index is 12.7. The summed E-state index contributed by atoms with van der Waals surface area (Å²) >= 11 is 0. The van der Waals surface area contributed by atoms with Crippen molar-refractivity contribution in [2.45, 2.75) is 18.9 Å². The fraction of sp³-hybridized carbons (Fsp3) is 0.263. The van der Waals surface area contributed by atoms with Gasteiger partial charge in [-0.25, -0.2) is 0 Å². The molecule has 1 amide bonds. The summed E-state index contributed by atoms with van der Waals surface area (Å²) in [4.78, 5) is 25.2. The monoisotopic (exact) mass is 308 g/mol. The third-order valence-corrected chi connectivity index (χ3v) is 4.08. The van der Waals surface area contributed by atoms with Gasteiger partial charge in [-0.2, -0.15) is 0 Å². The molecule has 2 aromatic rings. The Bertz CT molecular complexity index is 692. The second kappa shape index (κ2) is 7.20. The number of amides is 1. The smallest absolute Gasteiger partial charge is 0.252 e. The minimum Gasteiger partial charge on any atom is -0.348 e. The Kier molecular flexibility index (Phi) is 4.83. The van der Waals surface area contributed by atoms with Crippen molar-refractivity contribution in [1.29, 1.82) is 0 Å². The fourth-order valence-corrected chi connectivity index (χ4v) is 2.86. The zero-order valence-electron chi connectivity index (χ0n) is 12.9. The van der Waals surface area contributed by atoms with Gasteiger partial charge in [-0.15, -0.1) is 0 Å². The van der Waals surface area contributed by atoms with Crippen molar-refractivity contribution >= 4 is 11.7 Å². The lowest BCUT2D eigenvalue weighted by molar-refractivity contribution is 0.0921. The number of carbonyl (C=O) groups is 2. The van der Waals surface area contributed by atoms with Gasteiger partial charge >= 0.3 is 0 Å². The molecule has 118 valence electrons. The average Bonchev–Trinajstić information content (AvgIpc) is 2.62. The van der Waals surface area contributed by atoms with Gasteiger partial charge in [-0.3, -0.25) is 9.59 Å². The second-order valence-electron chi connectivity index (χ2n) is 5.76. The first-order chi connectivity index (χ1) is 11.3. The van der Waals surface area contributed by atoms with Gasteiger partial charge in [0, 0.05) is 23.7 Å². The summed E-state index contributed by atoms with van der Waals surface area (Å²) in [7, 11) is 0. The Morgan fingerprint density at radius 2 is 1.65 bits per heavy atom. The first-order valence-electron chi connectivity index (χ1n) is 7.96. The number of rotatable bonds is 4. The average molecular weight is 308 g/mol. The number of hydrogen-bond acceptors (Lipinski definition) is 3. The highest BCUT2D eigenvalue weighted by Crippen LogP contribution is 2.15. The molecule has 4 nitrogen and oxygen atoms in total. The molecule has 2 N–H and O–H groups in total. The minimum atomic E-state index is -0.182. The summed E-state index contributed by atoms with van der Waals surface area (Å²) in [5, 5.41) is 6.30. The maximum Gasteiger partial charge on any atom is 0.252 e. The van der Waals surface area contributed by atoms with Crippen molar-refractivity contribution in [1.82, 2.24) is 10.6 Å². The molecule has 4 heteroatoms. The highest BCUT2D eigenvalue weighted by Gasteiger charge is 2.21. The van der Waals surface area contributed by atoms with Crippen LogP contribution in [-0.4, -0.2) is 30.8 Å². The zero-order chi connectivity index (χ0) is 16.1. The van der Waals surface area contributed by atoms with E-state index < -0.39 is 0 Å². The van der Waals surface area contributed by atoms with Gasteiger partial charge in [-0.05, 0) is 25.5 Å². The van der Waals surface area contributed by atoms with E-state index in [-0.39, 0.29) is 17.7 Å². The summed E-state index contributed by atoms with van der Waals surface area (Å²) in [5.41, 5.74) is 1.47. The topological polar surface area (TPSA) is 58.2 Å². The molecule has 3 rings (SSSR count). The Morgan fingerprint density at radius 1 is 0.957 bits per heavy atom. The molecule has 1 heterocycles. The van der Waals surface area contributed by atoms with Gasteiger partial charge < -0.3 is 10.6 Å². The number of nitrogens with one attached hydrogen (secondary N) is 2. The molecule has 2 aromatic carbocycles. The van der Waals surface area contributed by atoms with Crippen LogP contribution >= 0.6 is 0 Å². The number of piperidine rings is 1. The molecule has 1 saturated heterocycles. The van der Waals surface area contributed by atoms with Crippen LogP contribution in [0.3, 0.4) is 0 Å². The third kappa shape index (κ3) is 3.66. The Morgan fingerprint density at radius 3 is 2.35 bits per heavy atom. The number of hydrogen-bond donors (Lipinski definition) is 2. The van der Waals surface area contributed by atoms with Crippen LogP contribution in [0.1, 0.15) is 39.1 Å². The van der Waals surface area contributed by atoms with Crippen LogP contribution in [0.2, 0.25) is 0 Å². The minimum absolute atomic E-state index is 0.121. The molecule has 1 fully saturated rings. The Labute approximate surface area is 135 Å². The van der Waals surface area contributed by atoms with Crippen LogP contribution in [0, 0.1) is 0 Å². The van der Waals surface area contributed by atoms with E-state index in [0.29, 0.717) is 16.7 Å². The van der Waals surface area contributed by atoms with E-state index in [1.807, 2.05) is 18.2 Å². The summed E-state index contributed by atoms with van der Waals surface area (Å²) in [5.74, 6) is -0.309. The van der Waals surface area contributed by atoms with Crippen LogP contribution in [0.15, 0.2) is 54.6 Å². The fourth-order valence-electron chi connectivity index (χ4n) is 2.86. The van der Waals surface area contributed by atoms with E-state index in [4.69, 9.17) is 0 Å². The highest BCUT2D eigenvalue weighted by atomic mass is 16.2. The van der Waals surface area contributed by atoms with E-state index in [2.05, 4.69) is 10.6 Å². The molecule has 0 spiro atoms. The summed E-state index contributed by atoms with van der Waals surface area (Å²) in [6.07, 6.45) is 2.02. The normalized spacial score (nSPS) is 17.5. The lowest BCUT2D eigenvalue weighted by atomic mass is 9.97. The molecule has 0 bridgehead atoms. The van der Waals surface area contributed by atoms with Crippen LogP contribution in [0.4, 0.5) is 0 Å². The number of carbonyl (C=O) groups excluding carboxylic acids is 2. The van der Waals surface area contributed by atoms with Crippen LogP contribution in [-0.2, 0) is 0 Å². The highest BCUT2D eigenvalue weighted by molar-refractivity contribution is 6.15. The molecular formula is C19H20N2O2. The van der Waals surface area contributed by atoms with E-state index in [1.54, 1.807) is 36.4 Å². The zero-order valence-corrected chi connectivity index (χ0v) is 12.9. The molecule has 0 radical (unpaired) electrons. The summed E-state index contributed by atoms with van der Waals surface area (Å²) in [6.45, 7) is 1.77. The van der Waals surface area contributed by atoms with E-state index in [9.17, 15) is 9.59 Å². The predicted molar refractivity (Wildman–Crippen MR) is 89.7 cm³/mol. The van der Waals surface area contributed by atoms with Crippen molar-refractivity contribution in [3.05, 3.63) is 71.3 Å². The molecule has 0 aromatic heterocycles. The molecular weight excluding hydrogens is 288 g/mol. The largest absolute Gasteiger partial charge is 0.348 e. The summed E-state index contributed by atoms with van der Waals surface area (Å²) in [6, 6.07) is 16.2. The van der Waals surface area contributed by atoms with Crippen molar-refractivity contribution in [2.75, 3.05) is 13.1 Å². The van der Waals surface area contributed by atoms with Gasteiger partial charge in [0.2, 0.25) is 0 Å². The summed E-state index contributed by atoms with van der Waals surface area (Å²) < 4.78 is 0. The first-order valence-corrected chi connectivity index (χ1v) is 7.96. The van der Waals surface area contributed by atoms with Gasteiger partial charge in [-0.1, -0.05) is 48.5 Å². The van der Waals surface area contributed by atoms with Gasteiger partial charge in [0.05, 0.1) is 5.56 Å². The molecule has 1 aliphatic rings. The van der Waals surface area contributed by atoms with E-state index in [1.165, 1.54) is 0 Å². The Hall–Kier alpha value is -2.46. The molecule has 1 atom stereocenters.